The number of ketones is 1. The average molecular weight is 500 g/mol. The van der Waals surface area contributed by atoms with Crippen LogP contribution in [-0.4, -0.2) is 30.5 Å². The van der Waals surface area contributed by atoms with Gasteiger partial charge in [0, 0.05) is 11.3 Å². The van der Waals surface area contributed by atoms with Crippen molar-refractivity contribution in [2.45, 2.75) is 46.6 Å². The Morgan fingerprint density at radius 1 is 0.973 bits per heavy atom. The molecule has 0 radical (unpaired) electrons. The van der Waals surface area contributed by atoms with Crippen molar-refractivity contribution in [3.63, 3.8) is 0 Å². The fourth-order valence-electron chi connectivity index (χ4n) is 4.76. The molecule has 6 nitrogen and oxygen atoms in total. The molecule has 4 rings (SSSR count). The molecule has 6 heteroatoms. The van der Waals surface area contributed by atoms with Crippen LogP contribution in [0.5, 0.6) is 11.5 Å². The number of hydrogen-bond acceptors (Lipinski definition) is 5. The van der Waals surface area contributed by atoms with Gasteiger partial charge in [0.25, 0.3) is 11.7 Å². The van der Waals surface area contributed by atoms with Crippen LogP contribution in [0.2, 0.25) is 0 Å². The van der Waals surface area contributed by atoms with Crippen LogP contribution >= 0.6 is 0 Å². The number of amides is 1. The second-order valence-electron chi connectivity index (χ2n) is 9.55. The minimum atomic E-state index is -0.791. The molecule has 1 saturated heterocycles. The van der Waals surface area contributed by atoms with E-state index in [0.717, 1.165) is 22.3 Å². The summed E-state index contributed by atoms with van der Waals surface area (Å²) in [5, 5.41) is 11.5. The second-order valence-corrected chi connectivity index (χ2v) is 9.55. The fraction of sp³-hybridized carbons (Fsp3) is 0.290. The second kappa shape index (κ2) is 10.5. The van der Waals surface area contributed by atoms with E-state index < -0.39 is 17.7 Å². The quantitative estimate of drug-likeness (QED) is 0.229. The Hall–Kier alpha value is -4.06. The highest BCUT2D eigenvalue weighted by Crippen LogP contribution is 2.43. The smallest absolute Gasteiger partial charge is 0.300 e. The maximum absolute atomic E-state index is 13.5. The maximum Gasteiger partial charge on any atom is 0.300 e. The highest BCUT2D eigenvalue weighted by atomic mass is 16.5. The van der Waals surface area contributed by atoms with Gasteiger partial charge in [-0.15, -0.1) is 0 Å². The molecule has 3 aromatic rings. The van der Waals surface area contributed by atoms with Crippen LogP contribution in [0, 0.1) is 13.8 Å². The molecule has 0 bridgehead atoms. The SMILES string of the molecule is CCOc1ccc(N2C(=O)C(=O)/C(=C(/O)c3cc(C)c(OC)cc3C)C2c2ccc(C(C)C)cc2)cc1. The number of Topliss-reactive ketones (excluding diaryl/α,β-unsaturated/α-hetero) is 1. The van der Waals surface area contributed by atoms with Crippen molar-refractivity contribution in [3.05, 3.63) is 94.1 Å². The van der Waals surface area contributed by atoms with Gasteiger partial charge in [0.15, 0.2) is 0 Å². The summed E-state index contributed by atoms with van der Waals surface area (Å²) in [7, 11) is 1.59. The molecule has 1 atom stereocenters. The van der Waals surface area contributed by atoms with E-state index in [2.05, 4.69) is 13.8 Å². The third kappa shape index (κ3) is 4.84. The Morgan fingerprint density at radius 2 is 1.62 bits per heavy atom. The van der Waals surface area contributed by atoms with Gasteiger partial charge in [-0.2, -0.15) is 0 Å². The first-order valence-corrected chi connectivity index (χ1v) is 12.5. The Morgan fingerprint density at radius 3 is 2.19 bits per heavy atom. The number of rotatable bonds is 7. The molecule has 1 heterocycles. The summed E-state index contributed by atoms with van der Waals surface area (Å²) in [5.41, 5.74) is 4.53. The molecule has 0 spiro atoms. The van der Waals surface area contributed by atoms with Crippen LogP contribution < -0.4 is 14.4 Å². The van der Waals surface area contributed by atoms with Crippen molar-refractivity contribution >= 4 is 23.1 Å². The van der Waals surface area contributed by atoms with Gasteiger partial charge in [-0.1, -0.05) is 38.1 Å². The predicted octanol–water partition coefficient (Wildman–Crippen LogP) is 6.46. The van der Waals surface area contributed by atoms with Gasteiger partial charge in [-0.25, -0.2) is 0 Å². The molecule has 0 aromatic heterocycles. The third-order valence-electron chi connectivity index (χ3n) is 6.79. The number of aliphatic hydroxyl groups excluding tert-OH is 1. The Labute approximate surface area is 218 Å². The van der Waals surface area contributed by atoms with E-state index in [-0.39, 0.29) is 11.3 Å². The lowest BCUT2D eigenvalue weighted by Crippen LogP contribution is -2.29. The first kappa shape index (κ1) is 26.0. The number of ether oxygens (including phenoxy) is 2. The molecule has 1 aliphatic heterocycles. The lowest BCUT2D eigenvalue weighted by molar-refractivity contribution is -0.132. The van der Waals surface area contributed by atoms with Crippen LogP contribution in [0.25, 0.3) is 5.76 Å². The Bertz CT molecular complexity index is 1350. The molecule has 1 N–H and O–H groups in total. The van der Waals surface area contributed by atoms with Crippen molar-refractivity contribution in [3.8, 4) is 11.5 Å². The third-order valence-corrected chi connectivity index (χ3v) is 6.79. The average Bonchev–Trinajstić information content (AvgIpc) is 3.15. The lowest BCUT2D eigenvalue weighted by atomic mass is 9.91. The molecule has 192 valence electrons. The van der Waals surface area contributed by atoms with Gasteiger partial charge in [0.2, 0.25) is 0 Å². The zero-order valence-electron chi connectivity index (χ0n) is 22.2. The van der Waals surface area contributed by atoms with Crippen molar-refractivity contribution in [2.75, 3.05) is 18.6 Å². The van der Waals surface area contributed by atoms with E-state index in [1.54, 1.807) is 37.4 Å². The minimum Gasteiger partial charge on any atom is -0.507 e. The topological polar surface area (TPSA) is 76.1 Å². The summed E-state index contributed by atoms with van der Waals surface area (Å²) in [6.45, 7) is 10.3. The summed E-state index contributed by atoms with van der Waals surface area (Å²) < 4.78 is 11.0. The number of benzene rings is 3. The van der Waals surface area contributed by atoms with Crippen molar-refractivity contribution in [2.24, 2.45) is 0 Å². The number of aryl methyl sites for hydroxylation is 2. The lowest BCUT2D eigenvalue weighted by Gasteiger charge is -2.26. The molecule has 1 unspecified atom stereocenters. The van der Waals surface area contributed by atoms with Crippen LogP contribution in [0.15, 0.2) is 66.2 Å². The summed E-state index contributed by atoms with van der Waals surface area (Å²) in [6.07, 6.45) is 0. The highest BCUT2D eigenvalue weighted by molar-refractivity contribution is 6.51. The van der Waals surface area contributed by atoms with Crippen LogP contribution in [0.3, 0.4) is 0 Å². The Kier molecular flexibility index (Phi) is 7.39. The molecule has 3 aromatic carbocycles. The van der Waals surface area contributed by atoms with Gasteiger partial charge in [-0.05, 0) is 85.3 Å². The van der Waals surface area contributed by atoms with Crippen LogP contribution in [0.1, 0.15) is 60.5 Å². The first-order valence-electron chi connectivity index (χ1n) is 12.5. The van der Waals surface area contributed by atoms with Gasteiger partial charge >= 0.3 is 0 Å². The van der Waals surface area contributed by atoms with Gasteiger partial charge in [-0.3, -0.25) is 14.5 Å². The summed E-state index contributed by atoms with van der Waals surface area (Å²) in [5.74, 6) is 0.0721. The van der Waals surface area contributed by atoms with E-state index in [9.17, 15) is 14.7 Å². The van der Waals surface area contributed by atoms with E-state index in [4.69, 9.17) is 9.47 Å². The molecule has 1 fully saturated rings. The Balaban J connectivity index is 1.92. The van der Waals surface area contributed by atoms with Crippen LogP contribution in [0.4, 0.5) is 5.69 Å². The largest absolute Gasteiger partial charge is 0.507 e. The molecule has 1 amide bonds. The fourth-order valence-corrected chi connectivity index (χ4v) is 4.76. The zero-order chi connectivity index (χ0) is 26.9. The van der Waals surface area contributed by atoms with E-state index >= 15 is 0 Å². The van der Waals surface area contributed by atoms with Crippen molar-refractivity contribution in [1.82, 2.24) is 0 Å². The van der Waals surface area contributed by atoms with Crippen molar-refractivity contribution in [1.29, 1.82) is 0 Å². The molecule has 0 saturated carbocycles. The standard InChI is InChI=1S/C31H33NO5/c1-7-37-24-14-12-23(13-15-24)32-28(22-10-8-21(9-11-22)18(2)3)27(30(34)31(32)35)29(33)25-16-20(5)26(36-6)17-19(25)4/h8-18,28,33H,7H2,1-6H3/b29-27+. The minimum absolute atomic E-state index is 0.0591. The molecule has 37 heavy (non-hydrogen) atoms. The van der Waals surface area contributed by atoms with Crippen LogP contribution in [-0.2, 0) is 9.59 Å². The normalized spacial score (nSPS) is 16.9. The van der Waals surface area contributed by atoms with Gasteiger partial charge in [0.05, 0.1) is 25.3 Å². The number of carbonyl (C=O) groups is 2. The van der Waals surface area contributed by atoms with Gasteiger partial charge in [0.1, 0.15) is 17.3 Å². The molecular weight excluding hydrogens is 466 g/mol. The van der Waals surface area contributed by atoms with E-state index in [1.165, 1.54) is 4.90 Å². The van der Waals surface area contributed by atoms with E-state index in [0.29, 0.717) is 35.3 Å². The van der Waals surface area contributed by atoms with E-state index in [1.807, 2.05) is 51.1 Å². The predicted molar refractivity (Wildman–Crippen MR) is 145 cm³/mol. The number of carbonyl (C=O) groups excluding carboxylic acids is 2. The maximum atomic E-state index is 13.5. The monoisotopic (exact) mass is 499 g/mol. The number of methoxy groups -OCH3 is 1. The first-order chi connectivity index (χ1) is 17.7. The number of anilines is 1. The number of nitrogens with zero attached hydrogens (tertiary/aromatic N) is 1. The highest BCUT2D eigenvalue weighted by Gasteiger charge is 2.47. The molecule has 1 aliphatic rings. The zero-order valence-corrected chi connectivity index (χ0v) is 22.2. The summed E-state index contributed by atoms with van der Waals surface area (Å²) >= 11 is 0. The molecular formula is C31H33NO5. The van der Waals surface area contributed by atoms with Crippen molar-refractivity contribution < 1.29 is 24.2 Å². The number of aliphatic hydroxyl groups is 1. The number of hydrogen-bond donors (Lipinski definition) is 1. The molecule has 0 aliphatic carbocycles. The summed E-state index contributed by atoms with van der Waals surface area (Å²) in [4.78, 5) is 28.4. The summed E-state index contributed by atoms with van der Waals surface area (Å²) in [6, 6.07) is 17.7. The van der Waals surface area contributed by atoms with Gasteiger partial charge < -0.3 is 14.6 Å².